The summed E-state index contributed by atoms with van der Waals surface area (Å²) in [5.41, 5.74) is 1.43. The van der Waals surface area contributed by atoms with Gasteiger partial charge in [-0.2, -0.15) is 9.78 Å². The number of rotatable bonds is 4. The van der Waals surface area contributed by atoms with Crippen LogP contribution in [0.2, 0.25) is 5.02 Å². The topological polar surface area (TPSA) is 92.7 Å². The number of carbonyl (C=O) groups is 1. The van der Waals surface area contributed by atoms with Crippen molar-refractivity contribution in [1.82, 2.24) is 19.7 Å². The van der Waals surface area contributed by atoms with Gasteiger partial charge in [0, 0.05) is 17.3 Å². The van der Waals surface area contributed by atoms with Gasteiger partial charge in [0.1, 0.15) is 17.3 Å². The van der Waals surface area contributed by atoms with Gasteiger partial charge in [0.15, 0.2) is 0 Å². The molecular formula is C20H15ClFN5O2S. The minimum Gasteiger partial charge on any atom is -0.306 e. The van der Waals surface area contributed by atoms with Gasteiger partial charge >= 0.3 is 0 Å². The van der Waals surface area contributed by atoms with Crippen molar-refractivity contribution in [3.8, 4) is 16.5 Å². The Morgan fingerprint density at radius 2 is 2.07 bits per heavy atom. The Labute approximate surface area is 179 Å². The van der Waals surface area contributed by atoms with E-state index in [9.17, 15) is 14.0 Å². The fourth-order valence-corrected chi connectivity index (χ4v) is 3.70. The quantitative estimate of drug-likeness (QED) is 0.490. The molecule has 30 heavy (non-hydrogen) atoms. The number of hydrogen-bond acceptors (Lipinski definition) is 5. The number of aromatic nitrogens is 4. The highest BCUT2D eigenvalue weighted by atomic mass is 35.5. The maximum absolute atomic E-state index is 13.3. The Bertz CT molecular complexity index is 1310. The van der Waals surface area contributed by atoms with Crippen molar-refractivity contribution in [2.24, 2.45) is 0 Å². The van der Waals surface area contributed by atoms with Crippen molar-refractivity contribution in [3.63, 3.8) is 0 Å². The van der Waals surface area contributed by atoms with Crippen LogP contribution in [0.3, 0.4) is 0 Å². The van der Waals surface area contributed by atoms with Crippen LogP contribution < -0.4 is 10.9 Å². The molecule has 4 rings (SSSR count). The number of nitrogens with zero attached hydrogens (tertiary/aromatic N) is 3. The minimum atomic E-state index is -0.551. The first-order valence-corrected chi connectivity index (χ1v) is 10.1. The highest BCUT2D eigenvalue weighted by Crippen LogP contribution is 2.28. The van der Waals surface area contributed by atoms with Gasteiger partial charge in [-0.3, -0.25) is 14.6 Å². The number of H-pyrrole nitrogens is 1. The van der Waals surface area contributed by atoms with Crippen LogP contribution in [0.15, 0.2) is 46.6 Å². The van der Waals surface area contributed by atoms with Gasteiger partial charge in [0.05, 0.1) is 15.5 Å². The standard InChI is InChI=1S/C20H15ClFN5O2S/c1-10-11(2)23-20(25-18(10)28)27-17(9-15(26-27)16-4-3-7-30-16)24-19(29)13-6-5-12(22)8-14(13)21/h3-9H,1-2H3,(H,24,29)(H,23,25,28). The van der Waals surface area contributed by atoms with E-state index in [4.69, 9.17) is 11.6 Å². The molecule has 0 atom stereocenters. The number of aryl methyl sites for hydroxylation is 1. The van der Waals surface area contributed by atoms with Crippen molar-refractivity contribution in [3.05, 3.63) is 79.8 Å². The first-order valence-electron chi connectivity index (χ1n) is 8.81. The molecule has 3 heterocycles. The van der Waals surface area contributed by atoms with Gasteiger partial charge in [0.2, 0.25) is 5.95 Å². The predicted molar refractivity (Wildman–Crippen MR) is 114 cm³/mol. The maximum Gasteiger partial charge on any atom is 0.258 e. The summed E-state index contributed by atoms with van der Waals surface area (Å²) in [5.74, 6) is -0.662. The Hall–Kier alpha value is -3.30. The molecule has 0 fully saturated rings. The summed E-state index contributed by atoms with van der Waals surface area (Å²) in [6.07, 6.45) is 0. The second kappa shape index (κ2) is 7.85. The number of anilines is 1. The summed E-state index contributed by atoms with van der Waals surface area (Å²) in [4.78, 5) is 32.9. The lowest BCUT2D eigenvalue weighted by Crippen LogP contribution is -2.21. The second-order valence-corrected chi connectivity index (χ2v) is 7.84. The van der Waals surface area contributed by atoms with Gasteiger partial charge in [0.25, 0.3) is 11.5 Å². The zero-order chi connectivity index (χ0) is 21.4. The van der Waals surface area contributed by atoms with E-state index in [1.165, 1.54) is 22.1 Å². The van der Waals surface area contributed by atoms with Gasteiger partial charge < -0.3 is 5.32 Å². The molecule has 0 saturated heterocycles. The lowest BCUT2D eigenvalue weighted by molar-refractivity contribution is 0.102. The van der Waals surface area contributed by atoms with Crippen LogP contribution in [0.1, 0.15) is 21.6 Å². The molecule has 152 valence electrons. The number of nitrogens with one attached hydrogen (secondary N) is 2. The average molecular weight is 444 g/mol. The SMILES string of the molecule is Cc1nc(-n2nc(-c3cccs3)cc2NC(=O)c2ccc(F)cc2Cl)[nH]c(=O)c1C. The van der Waals surface area contributed by atoms with Crippen LogP contribution in [0.5, 0.6) is 0 Å². The fourth-order valence-electron chi connectivity index (χ4n) is 2.76. The van der Waals surface area contributed by atoms with E-state index < -0.39 is 11.7 Å². The molecule has 0 radical (unpaired) electrons. The summed E-state index contributed by atoms with van der Waals surface area (Å²) < 4.78 is 14.7. The van der Waals surface area contributed by atoms with Crippen LogP contribution >= 0.6 is 22.9 Å². The second-order valence-electron chi connectivity index (χ2n) is 6.48. The molecule has 0 bridgehead atoms. The van der Waals surface area contributed by atoms with E-state index in [0.717, 1.165) is 17.0 Å². The van der Waals surface area contributed by atoms with Crippen LogP contribution in [-0.2, 0) is 0 Å². The Morgan fingerprint density at radius 1 is 1.27 bits per heavy atom. The molecule has 1 amide bonds. The molecule has 0 spiro atoms. The van der Waals surface area contributed by atoms with Crippen LogP contribution in [0, 0.1) is 19.7 Å². The summed E-state index contributed by atoms with van der Waals surface area (Å²) in [6.45, 7) is 3.39. The third-order valence-corrected chi connectivity index (χ3v) is 5.69. The summed E-state index contributed by atoms with van der Waals surface area (Å²) in [6, 6.07) is 8.94. The minimum absolute atomic E-state index is 0.0187. The number of carbonyl (C=O) groups excluding carboxylic acids is 1. The third-order valence-electron chi connectivity index (χ3n) is 4.48. The number of hydrogen-bond donors (Lipinski definition) is 2. The molecule has 3 aromatic heterocycles. The number of benzene rings is 1. The number of thiophene rings is 1. The smallest absolute Gasteiger partial charge is 0.258 e. The van der Waals surface area contributed by atoms with E-state index in [2.05, 4.69) is 20.4 Å². The number of aromatic amines is 1. The normalized spacial score (nSPS) is 10.9. The summed E-state index contributed by atoms with van der Waals surface area (Å²) in [7, 11) is 0. The van der Waals surface area contributed by atoms with E-state index in [1.807, 2.05) is 17.5 Å². The first kappa shape index (κ1) is 20.0. The lowest BCUT2D eigenvalue weighted by Gasteiger charge is -2.10. The molecule has 0 saturated carbocycles. The van der Waals surface area contributed by atoms with Crippen molar-refractivity contribution < 1.29 is 9.18 Å². The number of amides is 1. The molecule has 0 aliphatic carbocycles. The Balaban J connectivity index is 1.80. The largest absolute Gasteiger partial charge is 0.306 e. The van der Waals surface area contributed by atoms with Crippen LogP contribution in [-0.4, -0.2) is 25.7 Å². The summed E-state index contributed by atoms with van der Waals surface area (Å²) in [5, 5.41) is 9.11. The van der Waals surface area contributed by atoms with Gasteiger partial charge in [-0.1, -0.05) is 17.7 Å². The molecule has 10 heteroatoms. The van der Waals surface area contributed by atoms with Gasteiger partial charge in [-0.05, 0) is 43.5 Å². The molecule has 1 aromatic carbocycles. The first-order chi connectivity index (χ1) is 14.3. The monoisotopic (exact) mass is 443 g/mol. The van der Waals surface area contributed by atoms with Gasteiger partial charge in [-0.25, -0.2) is 9.37 Å². The summed E-state index contributed by atoms with van der Waals surface area (Å²) >= 11 is 7.49. The highest BCUT2D eigenvalue weighted by molar-refractivity contribution is 7.13. The van der Waals surface area contributed by atoms with E-state index in [-0.39, 0.29) is 27.9 Å². The van der Waals surface area contributed by atoms with E-state index >= 15 is 0 Å². The molecule has 0 unspecified atom stereocenters. The van der Waals surface area contributed by atoms with E-state index in [0.29, 0.717) is 17.0 Å². The zero-order valence-electron chi connectivity index (χ0n) is 15.9. The van der Waals surface area contributed by atoms with Crippen LogP contribution in [0.25, 0.3) is 16.5 Å². The van der Waals surface area contributed by atoms with Crippen molar-refractivity contribution in [2.45, 2.75) is 13.8 Å². The van der Waals surface area contributed by atoms with Crippen molar-refractivity contribution >= 4 is 34.7 Å². The molecule has 7 nitrogen and oxygen atoms in total. The molecule has 0 aliphatic rings. The predicted octanol–water partition coefficient (Wildman–Crippen LogP) is 4.35. The molecule has 0 aliphatic heterocycles. The molecular weight excluding hydrogens is 429 g/mol. The average Bonchev–Trinajstić information content (AvgIpc) is 3.35. The Morgan fingerprint density at radius 3 is 2.73 bits per heavy atom. The highest BCUT2D eigenvalue weighted by Gasteiger charge is 2.19. The number of halogens is 2. The van der Waals surface area contributed by atoms with Crippen molar-refractivity contribution in [1.29, 1.82) is 0 Å². The maximum atomic E-state index is 13.3. The molecule has 2 N–H and O–H groups in total. The van der Waals surface area contributed by atoms with Gasteiger partial charge in [-0.15, -0.1) is 11.3 Å². The van der Waals surface area contributed by atoms with Crippen LogP contribution in [0.4, 0.5) is 10.2 Å². The third kappa shape index (κ3) is 3.77. The molecule has 4 aromatic rings. The Kier molecular flexibility index (Phi) is 5.23. The fraction of sp³-hybridized carbons (Fsp3) is 0.100. The lowest BCUT2D eigenvalue weighted by atomic mass is 10.2. The zero-order valence-corrected chi connectivity index (χ0v) is 17.4. The van der Waals surface area contributed by atoms with E-state index in [1.54, 1.807) is 19.9 Å². The van der Waals surface area contributed by atoms with Crippen molar-refractivity contribution in [2.75, 3.05) is 5.32 Å².